The first-order chi connectivity index (χ1) is 13.9. The van der Waals surface area contributed by atoms with E-state index < -0.39 is 0 Å². The Kier molecular flexibility index (Phi) is 5.94. The molecule has 1 fully saturated rings. The van der Waals surface area contributed by atoms with Gasteiger partial charge in [0.05, 0.1) is 16.3 Å². The number of nitrogens with zero attached hydrogens (tertiary/aromatic N) is 2. The number of likely N-dealkylation sites (N-methyl/N-ethyl adjacent to an activating group) is 1. The molecular weight excluding hydrogens is 398 g/mol. The van der Waals surface area contributed by atoms with Crippen molar-refractivity contribution in [3.8, 4) is 5.75 Å². The maximum atomic E-state index is 10.3. The summed E-state index contributed by atoms with van der Waals surface area (Å²) in [7, 11) is 1.93. The molecule has 0 spiro atoms. The number of benzene rings is 1. The number of fused-ring (bicyclic) bond motifs is 1. The summed E-state index contributed by atoms with van der Waals surface area (Å²) in [4.78, 5) is 6.16. The van der Waals surface area contributed by atoms with Gasteiger partial charge in [0.2, 0.25) is 0 Å². The molecule has 1 aromatic heterocycles. The fourth-order valence-electron chi connectivity index (χ4n) is 4.46. The highest BCUT2D eigenvalue weighted by Crippen LogP contribution is 2.31. The first-order valence-electron chi connectivity index (χ1n) is 10.0. The number of phenols is 1. The van der Waals surface area contributed by atoms with E-state index >= 15 is 0 Å². The summed E-state index contributed by atoms with van der Waals surface area (Å²) < 4.78 is 0. The summed E-state index contributed by atoms with van der Waals surface area (Å²) in [6.07, 6.45) is 6.55. The first-order valence-corrected chi connectivity index (χ1v) is 10.4. The van der Waals surface area contributed by atoms with Crippen LogP contribution in [0.2, 0.25) is 5.02 Å². The van der Waals surface area contributed by atoms with E-state index in [0.29, 0.717) is 21.9 Å². The second-order valence-electron chi connectivity index (χ2n) is 9.41. The summed E-state index contributed by atoms with van der Waals surface area (Å²) in [5, 5.41) is 32.1. The molecule has 1 aromatic carbocycles. The largest absolute Gasteiger partial charge is 0.507 e. The molecule has 2 aromatic rings. The summed E-state index contributed by atoms with van der Waals surface area (Å²) in [5.74, 6) is 0.317. The monoisotopic (exact) mass is 427 g/mol. The van der Waals surface area contributed by atoms with Gasteiger partial charge in [0.25, 0.3) is 0 Å². The van der Waals surface area contributed by atoms with Crippen molar-refractivity contribution in [3.05, 3.63) is 47.1 Å². The third-order valence-electron chi connectivity index (χ3n) is 5.56. The van der Waals surface area contributed by atoms with Crippen LogP contribution in [0.5, 0.6) is 5.75 Å². The molecule has 160 valence electrons. The molecular formula is C23H30ClN5O. The lowest BCUT2D eigenvalue weighted by Gasteiger charge is -2.49. The second-order valence-corrected chi connectivity index (χ2v) is 9.85. The van der Waals surface area contributed by atoms with Crippen LogP contribution in [0.3, 0.4) is 0 Å². The van der Waals surface area contributed by atoms with Crippen LogP contribution >= 0.6 is 11.6 Å². The predicted octanol–water partition coefficient (Wildman–Crippen LogP) is 4.74. The lowest BCUT2D eigenvalue weighted by molar-refractivity contribution is 0.114. The Morgan fingerprint density at radius 3 is 2.43 bits per heavy atom. The molecule has 30 heavy (non-hydrogen) atoms. The lowest BCUT2D eigenvalue weighted by atomic mass is 9.79. The fraction of sp³-hybridized carbons (Fsp3) is 0.435. The van der Waals surface area contributed by atoms with Crippen molar-refractivity contribution < 1.29 is 5.11 Å². The quantitative estimate of drug-likeness (QED) is 0.418. The van der Waals surface area contributed by atoms with Gasteiger partial charge in [-0.2, -0.15) is 0 Å². The molecule has 7 heteroatoms. The highest BCUT2D eigenvalue weighted by atomic mass is 35.5. The van der Waals surface area contributed by atoms with Gasteiger partial charge in [0.1, 0.15) is 11.6 Å². The fourth-order valence-corrected chi connectivity index (χ4v) is 4.63. The Morgan fingerprint density at radius 2 is 1.80 bits per heavy atom. The molecule has 0 amide bonds. The number of aromatic nitrogens is 1. The first kappa shape index (κ1) is 22.2. The minimum Gasteiger partial charge on any atom is -0.507 e. The third-order valence-corrected chi connectivity index (χ3v) is 5.77. The number of halogens is 1. The molecule has 6 nitrogen and oxygen atoms in total. The van der Waals surface area contributed by atoms with Gasteiger partial charge < -0.3 is 20.7 Å². The van der Waals surface area contributed by atoms with Crippen molar-refractivity contribution in [2.75, 3.05) is 7.05 Å². The van der Waals surface area contributed by atoms with E-state index in [1.54, 1.807) is 24.3 Å². The average Bonchev–Trinajstić information content (AvgIpc) is 2.62. The standard InChI is InChI=1S/C23H30ClN5O/c1-22(2)11-16(12-23(3,4)28-22)29(5)21(26)7-6-18(25)17-9-14-8-15(24)13-27-19(14)10-20(17)30/h6-10,13,16,25-26,28,30H,11-12H2,1-5H3/b7-6-,25-18?,26-21?. The van der Waals surface area contributed by atoms with Crippen LogP contribution in [0.15, 0.2) is 36.5 Å². The lowest BCUT2D eigenvalue weighted by Crippen LogP contribution is -2.62. The number of nitrogens with one attached hydrogen (secondary N) is 3. The van der Waals surface area contributed by atoms with Crippen molar-refractivity contribution in [1.82, 2.24) is 15.2 Å². The van der Waals surface area contributed by atoms with E-state index in [1.807, 2.05) is 11.9 Å². The molecule has 0 atom stereocenters. The van der Waals surface area contributed by atoms with Crippen LogP contribution in [-0.2, 0) is 0 Å². The van der Waals surface area contributed by atoms with E-state index in [1.165, 1.54) is 12.3 Å². The van der Waals surface area contributed by atoms with Crippen LogP contribution in [0.4, 0.5) is 0 Å². The summed E-state index contributed by atoms with van der Waals surface area (Å²) in [6, 6.07) is 5.20. The zero-order valence-corrected chi connectivity index (χ0v) is 18.9. The number of allylic oxidation sites excluding steroid dienone is 1. The molecule has 3 rings (SSSR count). The highest BCUT2D eigenvalue weighted by Gasteiger charge is 2.39. The smallest absolute Gasteiger partial charge is 0.127 e. The molecule has 1 saturated heterocycles. The summed E-state index contributed by atoms with van der Waals surface area (Å²) >= 11 is 6.01. The number of rotatable bonds is 4. The van der Waals surface area contributed by atoms with Gasteiger partial charge >= 0.3 is 0 Å². The number of piperidine rings is 1. The van der Waals surface area contributed by atoms with Gasteiger partial charge in [-0.25, -0.2) is 0 Å². The van der Waals surface area contributed by atoms with Gasteiger partial charge in [-0.1, -0.05) is 11.6 Å². The Morgan fingerprint density at radius 1 is 1.17 bits per heavy atom. The number of pyridine rings is 1. The topological polar surface area (TPSA) is 96.1 Å². The Balaban J connectivity index is 1.76. The molecule has 2 heterocycles. The number of phenolic OH excluding ortho intramolecular Hbond substituents is 1. The maximum Gasteiger partial charge on any atom is 0.127 e. The normalized spacial score (nSPS) is 18.6. The molecule has 0 saturated carbocycles. The molecule has 0 bridgehead atoms. The highest BCUT2D eigenvalue weighted by molar-refractivity contribution is 6.31. The SMILES string of the molecule is CN(C(=N)/C=C\C(=N)c1cc2cc(Cl)cnc2cc1O)C1CC(C)(C)NC(C)(C)C1. The zero-order valence-electron chi connectivity index (χ0n) is 18.2. The third kappa shape index (κ3) is 4.99. The van der Waals surface area contributed by atoms with Gasteiger partial charge in [-0.05, 0) is 64.8 Å². The van der Waals surface area contributed by atoms with E-state index in [9.17, 15) is 5.11 Å². The number of hydrogen-bond acceptors (Lipinski definition) is 5. The number of hydrogen-bond donors (Lipinski definition) is 4. The molecule has 0 radical (unpaired) electrons. The number of aromatic hydroxyl groups is 1. The second kappa shape index (κ2) is 8.00. The number of amidine groups is 1. The van der Waals surface area contributed by atoms with Crippen LogP contribution in [0.25, 0.3) is 10.9 Å². The summed E-state index contributed by atoms with van der Waals surface area (Å²) in [5.41, 5.74) is 1.09. The maximum absolute atomic E-state index is 10.3. The van der Waals surface area contributed by atoms with Crippen LogP contribution in [0.1, 0.15) is 46.1 Å². The van der Waals surface area contributed by atoms with Crippen molar-refractivity contribution >= 4 is 34.1 Å². The molecule has 0 unspecified atom stereocenters. The summed E-state index contributed by atoms with van der Waals surface area (Å²) in [6.45, 7) is 8.75. The van der Waals surface area contributed by atoms with Gasteiger partial charge in [0.15, 0.2) is 0 Å². The van der Waals surface area contributed by atoms with E-state index in [2.05, 4.69) is 38.0 Å². The minimum absolute atomic E-state index is 0.0103. The Labute approximate surface area is 183 Å². The van der Waals surface area contributed by atoms with E-state index in [-0.39, 0.29) is 28.6 Å². The van der Waals surface area contributed by atoms with Crippen LogP contribution < -0.4 is 5.32 Å². The Bertz CT molecular complexity index is 1010. The van der Waals surface area contributed by atoms with Crippen molar-refractivity contribution in [2.45, 2.75) is 57.7 Å². The molecule has 0 aliphatic carbocycles. The van der Waals surface area contributed by atoms with Crippen molar-refractivity contribution in [3.63, 3.8) is 0 Å². The molecule has 1 aliphatic rings. The predicted molar refractivity (Wildman–Crippen MR) is 124 cm³/mol. The molecule has 4 N–H and O–H groups in total. The van der Waals surface area contributed by atoms with E-state index in [4.69, 9.17) is 22.4 Å². The Hall–Kier alpha value is -2.44. The van der Waals surface area contributed by atoms with Gasteiger partial charge in [0, 0.05) is 47.4 Å². The van der Waals surface area contributed by atoms with Crippen molar-refractivity contribution in [1.29, 1.82) is 10.8 Å². The van der Waals surface area contributed by atoms with E-state index in [0.717, 1.165) is 18.2 Å². The average molecular weight is 428 g/mol. The minimum atomic E-state index is -0.0197. The zero-order chi connectivity index (χ0) is 22.3. The van der Waals surface area contributed by atoms with Gasteiger partial charge in [-0.3, -0.25) is 10.4 Å². The van der Waals surface area contributed by atoms with Crippen LogP contribution in [0, 0.1) is 10.8 Å². The van der Waals surface area contributed by atoms with Crippen molar-refractivity contribution in [2.24, 2.45) is 0 Å². The molecule has 1 aliphatic heterocycles. The van der Waals surface area contributed by atoms with Crippen LogP contribution in [-0.4, -0.2) is 50.7 Å². The van der Waals surface area contributed by atoms with Gasteiger partial charge in [-0.15, -0.1) is 0 Å².